The predicted molar refractivity (Wildman–Crippen MR) is 55.0 cm³/mol. The monoisotopic (exact) mass is 207 g/mol. The van der Waals surface area contributed by atoms with Crippen molar-refractivity contribution in [2.45, 2.75) is 12.3 Å². The topological polar surface area (TPSA) is 58.6 Å². The highest BCUT2D eigenvalue weighted by Crippen LogP contribution is 2.33. The summed E-state index contributed by atoms with van der Waals surface area (Å²) < 4.78 is 5.17. The Kier molecular flexibility index (Phi) is 2.49. The average Bonchev–Trinajstić information content (AvgIpc) is 2.64. The first-order valence-electron chi connectivity index (χ1n) is 4.84. The normalized spacial score (nSPS) is 20.1. The maximum atomic E-state index is 11.1. The number of aromatic hydroxyl groups is 1. The van der Waals surface area contributed by atoms with Gasteiger partial charge in [-0.15, -0.1) is 0 Å². The minimum atomic E-state index is 0.0649. The summed E-state index contributed by atoms with van der Waals surface area (Å²) in [6.45, 7) is 0.639. The third-order valence-corrected chi connectivity index (χ3v) is 2.63. The van der Waals surface area contributed by atoms with E-state index in [1.165, 1.54) is 0 Å². The molecule has 0 radical (unpaired) electrons. The highest BCUT2D eigenvalue weighted by molar-refractivity contribution is 5.79. The molecule has 1 saturated heterocycles. The summed E-state index contributed by atoms with van der Waals surface area (Å²) >= 11 is 0. The van der Waals surface area contributed by atoms with E-state index in [1.807, 2.05) is 0 Å². The van der Waals surface area contributed by atoms with E-state index in [1.54, 1.807) is 25.3 Å². The molecule has 0 saturated carbocycles. The lowest BCUT2D eigenvalue weighted by Gasteiger charge is -2.12. The molecule has 1 heterocycles. The first kappa shape index (κ1) is 9.83. The van der Waals surface area contributed by atoms with Gasteiger partial charge in [0.25, 0.3) is 0 Å². The largest absolute Gasteiger partial charge is 0.508 e. The second-order valence-corrected chi connectivity index (χ2v) is 3.63. The Labute approximate surface area is 87.9 Å². The lowest BCUT2D eigenvalue weighted by Crippen LogP contribution is -2.13. The van der Waals surface area contributed by atoms with Gasteiger partial charge in [0.15, 0.2) is 0 Å². The summed E-state index contributed by atoms with van der Waals surface area (Å²) in [6, 6.07) is 4.98. The number of methoxy groups -OCH3 is 1. The zero-order valence-corrected chi connectivity index (χ0v) is 8.49. The molecule has 1 atom stereocenters. The first-order chi connectivity index (χ1) is 7.20. The predicted octanol–water partition coefficient (Wildman–Crippen LogP) is 1.00. The summed E-state index contributed by atoms with van der Waals surface area (Å²) in [5, 5.41) is 12.1. The molecule has 80 valence electrons. The zero-order chi connectivity index (χ0) is 10.8. The van der Waals surface area contributed by atoms with Crippen LogP contribution in [0.15, 0.2) is 18.2 Å². The van der Waals surface area contributed by atoms with Gasteiger partial charge in [-0.25, -0.2) is 0 Å². The van der Waals surface area contributed by atoms with Crippen LogP contribution in [0.2, 0.25) is 0 Å². The first-order valence-corrected chi connectivity index (χ1v) is 4.84. The molecule has 4 nitrogen and oxygen atoms in total. The van der Waals surface area contributed by atoms with Gasteiger partial charge in [0.2, 0.25) is 5.91 Å². The van der Waals surface area contributed by atoms with Crippen molar-refractivity contribution in [3.63, 3.8) is 0 Å². The number of hydrogen-bond acceptors (Lipinski definition) is 3. The van der Waals surface area contributed by atoms with E-state index in [4.69, 9.17) is 4.74 Å². The van der Waals surface area contributed by atoms with Crippen molar-refractivity contribution < 1.29 is 14.6 Å². The van der Waals surface area contributed by atoms with Crippen molar-refractivity contribution in [2.75, 3.05) is 13.7 Å². The Hall–Kier alpha value is -1.71. The summed E-state index contributed by atoms with van der Waals surface area (Å²) in [5.41, 5.74) is 0.966. The number of hydrogen-bond donors (Lipinski definition) is 2. The lowest BCUT2D eigenvalue weighted by atomic mass is 9.97. The third-order valence-electron chi connectivity index (χ3n) is 2.63. The van der Waals surface area contributed by atoms with Gasteiger partial charge < -0.3 is 15.2 Å². The van der Waals surface area contributed by atoms with Crippen LogP contribution in [0.4, 0.5) is 0 Å². The number of amides is 1. The van der Waals surface area contributed by atoms with Crippen LogP contribution in [0.3, 0.4) is 0 Å². The quantitative estimate of drug-likeness (QED) is 0.760. The number of benzene rings is 1. The van der Waals surface area contributed by atoms with E-state index in [9.17, 15) is 9.90 Å². The molecule has 2 N–H and O–H groups in total. The zero-order valence-electron chi connectivity index (χ0n) is 8.49. The Morgan fingerprint density at radius 3 is 2.93 bits per heavy atom. The summed E-state index contributed by atoms with van der Waals surface area (Å²) in [7, 11) is 1.56. The van der Waals surface area contributed by atoms with Crippen LogP contribution in [0.1, 0.15) is 17.9 Å². The van der Waals surface area contributed by atoms with Crippen LogP contribution in [-0.2, 0) is 4.79 Å². The second-order valence-electron chi connectivity index (χ2n) is 3.63. The SMILES string of the molecule is COc1cc(O)ccc1C1CNC(=O)C1. The fourth-order valence-corrected chi connectivity index (χ4v) is 1.86. The van der Waals surface area contributed by atoms with Gasteiger partial charge in [0.1, 0.15) is 11.5 Å². The maximum Gasteiger partial charge on any atom is 0.220 e. The molecule has 0 aliphatic carbocycles. The number of nitrogens with one attached hydrogen (secondary N) is 1. The van der Waals surface area contributed by atoms with Crippen molar-refractivity contribution in [3.05, 3.63) is 23.8 Å². The van der Waals surface area contributed by atoms with E-state index in [-0.39, 0.29) is 17.6 Å². The number of phenols is 1. The Morgan fingerprint density at radius 1 is 1.53 bits per heavy atom. The Bertz CT molecular complexity index is 389. The van der Waals surface area contributed by atoms with Crippen molar-refractivity contribution in [1.29, 1.82) is 0 Å². The molecule has 4 heteroatoms. The van der Waals surface area contributed by atoms with Crippen LogP contribution in [0, 0.1) is 0 Å². The van der Waals surface area contributed by atoms with Crippen LogP contribution in [0.5, 0.6) is 11.5 Å². The lowest BCUT2D eigenvalue weighted by molar-refractivity contribution is -0.119. The highest BCUT2D eigenvalue weighted by atomic mass is 16.5. The molecular weight excluding hydrogens is 194 g/mol. The molecule has 1 aliphatic heterocycles. The molecule has 1 aliphatic rings. The van der Waals surface area contributed by atoms with Gasteiger partial charge in [-0.3, -0.25) is 4.79 Å². The van der Waals surface area contributed by atoms with E-state index in [0.29, 0.717) is 18.7 Å². The van der Waals surface area contributed by atoms with E-state index < -0.39 is 0 Å². The number of rotatable bonds is 2. The number of ether oxygens (including phenoxy) is 1. The molecule has 1 aromatic carbocycles. The standard InChI is InChI=1S/C11H13NO3/c1-15-10-5-8(13)2-3-9(10)7-4-11(14)12-6-7/h2-3,5,7,13H,4,6H2,1H3,(H,12,14). The van der Waals surface area contributed by atoms with Crippen molar-refractivity contribution >= 4 is 5.91 Å². The molecule has 1 aromatic rings. The fourth-order valence-electron chi connectivity index (χ4n) is 1.86. The number of phenolic OH excluding ortho intramolecular Hbond substituents is 1. The molecule has 1 fully saturated rings. The van der Waals surface area contributed by atoms with Gasteiger partial charge >= 0.3 is 0 Å². The fraction of sp³-hybridized carbons (Fsp3) is 0.364. The molecule has 0 bridgehead atoms. The van der Waals surface area contributed by atoms with Gasteiger partial charge in [0, 0.05) is 24.9 Å². The van der Waals surface area contributed by atoms with Crippen molar-refractivity contribution in [1.82, 2.24) is 5.32 Å². The van der Waals surface area contributed by atoms with Gasteiger partial charge in [-0.1, -0.05) is 6.07 Å². The van der Waals surface area contributed by atoms with E-state index in [2.05, 4.69) is 5.32 Å². The van der Waals surface area contributed by atoms with Gasteiger partial charge in [-0.2, -0.15) is 0 Å². The van der Waals surface area contributed by atoms with Crippen LogP contribution in [-0.4, -0.2) is 24.7 Å². The summed E-state index contributed by atoms with van der Waals surface area (Å²) in [4.78, 5) is 11.1. The summed E-state index contributed by atoms with van der Waals surface area (Å²) in [5.74, 6) is 1.02. The summed E-state index contributed by atoms with van der Waals surface area (Å²) in [6.07, 6.45) is 0.487. The molecule has 1 amide bonds. The second kappa shape index (κ2) is 3.81. The minimum absolute atomic E-state index is 0.0649. The van der Waals surface area contributed by atoms with E-state index in [0.717, 1.165) is 5.56 Å². The Balaban J connectivity index is 2.31. The number of carbonyl (C=O) groups excluding carboxylic acids is 1. The van der Waals surface area contributed by atoms with E-state index >= 15 is 0 Å². The molecule has 0 spiro atoms. The smallest absolute Gasteiger partial charge is 0.220 e. The molecule has 15 heavy (non-hydrogen) atoms. The van der Waals surface area contributed by atoms with Gasteiger partial charge in [0.05, 0.1) is 7.11 Å². The van der Waals surface area contributed by atoms with Crippen LogP contribution >= 0.6 is 0 Å². The molecule has 2 rings (SSSR count). The third kappa shape index (κ3) is 1.88. The molecule has 1 unspecified atom stereocenters. The minimum Gasteiger partial charge on any atom is -0.508 e. The van der Waals surface area contributed by atoms with Crippen molar-refractivity contribution in [2.24, 2.45) is 0 Å². The highest BCUT2D eigenvalue weighted by Gasteiger charge is 2.25. The maximum absolute atomic E-state index is 11.1. The van der Waals surface area contributed by atoms with Crippen LogP contribution < -0.4 is 10.1 Å². The average molecular weight is 207 g/mol. The Morgan fingerprint density at radius 2 is 2.33 bits per heavy atom. The number of carbonyl (C=O) groups is 1. The van der Waals surface area contributed by atoms with Crippen molar-refractivity contribution in [3.8, 4) is 11.5 Å². The van der Waals surface area contributed by atoms with Gasteiger partial charge in [-0.05, 0) is 11.6 Å². The molecule has 0 aromatic heterocycles. The van der Waals surface area contributed by atoms with Crippen LogP contribution in [0.25, 0.3) is 0 Å². The molecular formula is C11H13NO3.